The molecule has 28 heavy (non-hydrogen) atoms. The highest BCUT2D eigenvalue weighted by molar-refractivity contribution is 7.72. The van der Waals surface area contributed by atoms with Crippen LogP contribution in [0.3, 0.4) is 0 Å². The first kappa shape index (κ1) is 22.1. The number of hydrogen-bond donors (Lipinski definition) is 1. The maximum Gasteiger partial charge on any atom is 0.381 e. The molecule has 2 rings (SSSR count). The molecule has 0 aromatic heterocycles. The Morgan fingerprint density at radius 2 is 1.93 bits per heavy atom. The molecule has 2 aromatic carbocycles. The summed E-state index contributed by atoms with van der Waals surface area (Å²) in [5.41, 5.74) is -0.0512. The van der Waals surface area contributed by atoms with Crippen LogP contribution in [0.15, 0.2) is 59.8 Å². The zero-order valence-electron chi connectivity index (χ0n) is 15.4. The van der Waals surface area contributed by atoms with Gasteiger partial charge in [-0.2, -0.15) is 0 Å². The van der Waals surface area contributed by atoms with E-state index in [1.54, 1.807) is 55.5 Å². The van der Waals surface area contributed by atoms with E-state index in [1.807, 2.05) is 6.92 Å². The van der Waals surface area contributed by atoms with Crippen LogP contribution in [0.1, 0.15) is 25.8 Å². The molecule has 2 aromatic rings. The highest BCUT2D eigenvalue weighted by atomic mass is 35.5. The molecule has 0 radical (unpaired) electrons. The van der Waals surface area contributed by atoms with Crippen molar-refractivity contribution in [2.24, 2.45) is 5.16 Å². The van der Waals surface area contributed by atoms with E-state index in [9.17, 15) is 14.3 Å². The summed E-state index contributed by atoms with van der Waals surface area (Å²) in [6, 6.07) is 14.7. The Bertz CT molecular complexity index is 874. The van der Waals surface area contributed by atoms with Crippen LogP contribution in [0.2, 0.25) is 5.02 Å². The van der Waals surface area contributed by atoms with E-state index in [2.05, 4.69) is 5.16 Å². The number of oxime groups is 1. The number of carbonyl (C=O) groups excluding carboxylic acids is 1. The maximum atomic E-state index is 12.7. The second-order valence-corrected chi connectivity index (χ2v) is 7.95. The molecule has 0 aliphatic rings. The van der Waals surface area contributed by atoms with E-state index in [0.29, 0.717) is 22.8 Å². The van der Waals surface area contributed by atoms with Gasteiger partial charge in [0.15, 0.2) is 12.1 Å². The Balaban J connectivity index is 2.13. The van der Waals surface area contributed by atoms with Crippen molar-refractivity contribution in [3.8, 4) is 5.75 Å². The SMILES string of the molecule is CCC(C)OP(=O)(O)C(=NOC(=O)COc1cccc(Cl)c1)c1ccccc1. The number of hydrogen-bond acceptors (Lipinski definition) is 6. The fraction of sp³-hybridized carbons (Fsp3) is 0.263. The molecule has 7 nitrogen and oxygen atoms in total. The second-order valence-electron chi connectivity index (χ2n) is 5.83. The summed E-state index contributed by atoms with van der Waals surface area (Å²) in [5, 5.41) is 4.06. The van der Waals surface area contributed by atoms with Gasteiger partial charge >= 0.3 is 13.6 Å². The monoisotopic (exact) mass is 425 g/mol. The standard InChI is InChI=1S/C19H21ClNO6P/c1-3-14(2)27-28(23,24)19(15-8-5-4-6-9-15)21-26-18(22)13-25-17-11-7-10-16(20)12-17/h4-12,14H,3,13H2,1-2H3,(H,23,24). The van der Waals surface area contributed by atoms with E-state index in [1.165, 1.54) is 6.07 Å². The van der Waals surface area contributed by atoms with Crippen LogP contribution >= 0.6 is 19.2 Å². The molecule has 2 unspecified atom stereocenters. The first-order chi connectivity index (χ1) is 13.3. The van der Waals surface area contributed by atoms with Crippen molar-refractivity contribution in [3.63, 3.8) is 0 Å². The summed E-state index contributed by atoms with van der Waals surface area (Å²) in [5.74, 6) is -0.471. The van der Waals surface area contributed by atoms with Crippen molar-refractivity contribution >= 4 is 30.6 Å². The lowest BCUT2D eigenvalue weighted by Crippen LogP contribution is -2.16. The van der Waals surface area contributed by atoms with E-state index in [-0.39, 0.29) is 5.45 Å². The van der Waals surface area contributed by atoms with Gasteiger partial charge in [0.05, 0.1) is 6.10 Å². The van der Waals surface area contributed by atoms with Gasteiger partial charge in [-0.25, -0.2) is 4.79 Å². The lowest BCUT2D eigenvalue weighted by Gasteiger charge is -2.18. The van der Waals surface area contributed by atoms with Crippen LogP contribution in [0.4, 0.5) is 0 Å². The predicted octanol–water partition coefficient (Wildman–Crippen LogP) is 4.62. The third kappa shape index (κ3) is 6.77. The lowest BCUT2D eigenvalue weighted by molar-refractivity contribution is -0.145. The minimum absolute atomic E-state index is 0.306. The Morgan fingerprint density at radius 1 is 1.21 bits per heavy atom. The van der Waals surface area contributed by atoms with Crippen LogP contribution in [0.5, 0.6) is 5.75 Å². The van der Waals surface area contributed by atoms with Crippen molar-refractivity contribution in [3.05, 3.63) is 65.2 Å². The quantitative estimate of drug-likeness (QED) is 0.272. The van der Waals surface area contributed by atoms with Crippen LogP contribution < -0.4 is 4.74 Å². The Labute approximate surface area is 168 Å². The molecule has 0 saturated carbocycles. The fourth-order valence-corrected chi connectivity index (χ4v) is 3.58. The highest BCUT2D eigenvalue weighted by Gasteiger charge is 2.32. The van der Waals surface area contributed by atoms with Crippen molar-refractivity contribution < 1.29 is 28.4 Å². The fourth-order valence-electron chi connectivity index (χ4n) is 2.04. The molecule has 0 amide bonds. The van der Waals surface area contributed by atoms with Gasteiger partial charge in [0.2, 0.25) is 0 Å². The molecule has 1 N–H and O–H groups in total. The number of carbonyl (C=O) groups is 1. The molecule has 0 bridgehead atoms. The third-order valence-electron chi connectivity index (χ3n) is 3.58. The minimum Gasteiger partial charge on any atom is -0.482 e. The van der Waals surface area contributed by atoms with Gasteiger partial charge < -0.3 is 19.0 Å². The van der Waals surface area contributed by atoms with Crippen molar-refractivity contribution in [1.29, 1.82) is 0 Å². The number of nitrogens with zero attached hydrogens (tertiary/aromatic N) is 1. The van der Waals surface area contributed by atoms with E-state index >= 15 is 0 Å². The van der Waals surface area contributed by atoms with E-state index in [4.69, 9.17) is 25.7 Å². The average Bonchev–Trinajstić information content (AvgIpc) is 2.66. The van der Waals surface area contributed by atoms with Gasteiger partial charge in [0.25, 0.3) is 0 Å². The van der Waals surface area contributed by atoms with E-state index < -0.39 is 26.3 Å². The normalized spacial score (nSPS) is 14.8. The Morgan fingerprint density at radius 3 is 2.57 bits per heavy atom. The van der Waals surface area contributed by atoms with Gasteiger partial charge in [-0.1, -0.05) is 60.1 Å². The van der Waals surface area contributed by atoms with Crippen molar-refractivity contribution in [1.82, 2.24) is 0 Å². The van der Waals surface area contributed by atoms with Crippen molar-refractivity contribution in [2.75, 3.05) is 6.61 Å². The first-order valence-electron chi connectivity index (χ1n) is 8.55. The summed E-state index contributed by atoms with van der Waals surface area (Å²) in [4.78, 5) is 27.1. The molecule has 150 valence electrons. The molecule has 9 heteroatoms. The number of halogens is 1. The molecule has 0 aliphatic heterocycles. The molecule has 0 aliphatic carbocycles. The van der Waals surface area contributed by atoms with E-state index in [0.717, 1.165) is 0 Å². The van der Waals surface area contributed by atoms with Crippen LogP contribution in [0, 0.1) is 0 Å². The van der Waals surface area contributed by atoms with Gasteiger partial charge in [0, 0.05) is 10.6 Å². The van der Waals surface area contributed by atoms with Gasteiger partial charge in [-0.15, -0.1) is 0 Å². The van der Waals surface area contributed by atoms with Crippen LogP contribution in [-0.2, 0) is 18.7 Å². The predicted molar refractivity (Wildman–Crippen MR) is 107 cm³/mol. The molecular weight excluding hydrogens is 405 g/mol. The molecule has 2 atom stereocenters. The zero-order chi connectivity index (χ0) is 20.6. The largest absolute Gasteiger partial charge is 0.482 e. The zero-order valence-corrected chi connectivity index (χ0v) is 17.1. The molecule has 0 fully saturated rings. The summed E-state index contributed by atoms with van der Waals surface area (Å²) >= 11 is 5.84. The molecule has 0 saturated heterocycles. The maximum absolute atomic E-state index is 12.7. The second kappa shape index (κ2) is 10.4. The smallest absolute Gasteiger partial charge is 0.381 e. The average molecular weight is 426 g/mol. The molecular formula is C19H21ClNO6P. The van der Waals surface area contributed by atoms with Gasteiger partial charge in [0.1, 0.15) is 5.75 Å². The first-order valence-corrected chi connectivity index (χ1v) is 10.5. The highest BCUT2D eigenvalue weighted by Crippen LogP contribution is 2.47. The van der Waals surface area contributed by atoms with Gasteiger partial charge in [-0.3, -0.25) is 4.57 Å². The Hall–Kier alpha value is -2.18. The van der Waals surface area contributed by atoms with Crippen LogP contribution in [-0.4, -0.2) is 29.0 Å². The third-order valence-corrected chi connectivity index (χ3v) is 5.34. The van der Waals surface area contributed by atoms with Crippen LogP contribution in [0.25, 0.3) is 0 Å². The lowest BCUT2D eigenvalue weighted by atomic mass is 10.2. The number of benzene rings is 2. The summed E-state index contributed by atoms with van der Waals surface area (Å²) in [6.07, 6.45) is 0.0477. The summed E-state index contributed by atoms with van der Waals surface area (Å²) in [6.45, 7) is 3.03. The topological polar surface area (TPSA) is 94.4 Å². The van der Waals surface area contributed by atoms with Crippen molar-refractivity contribution in [2.45, 2.75) is 26.4 Å². The molecule has 0 spiro atoms. The van der Waals surface area contributed by atoms with Gasteiger partial charge in [-0.05, 0) is 31.5 Å². The Kier molecular flexibility index (Phi) is 8.20. The minimum atomic E-state index is -4.32. The number of ether oxygens (including phenoxy) is 1. The summed E-state index contributed by atoms with van der Waals surface area (Å²) in [7, 11) is -4.32. The molecule has 0 heterocycles. The number of rotatable bonds is 9. The summed E-state index contributed by atoms with van der Waals surface area (Å²) < 4.78 is 23.2.